The van der Waals surface area contributed by atoms with Crippen molar-refractivity contribution in [1.29, 1.82) is 5.26 Å². The van der Waals surface area contributed by atoms with Crippen LogP contribution in [-0.2, 0) is 20.9 Å². The molecule has 0 bridgehead atoms. The average molecular weight is 376 g/mol. The third-order valence-electron chi connectivity index (χ3n) is 3.72. The Morgan fingerprint density at radius 3 is 2.37 bits per heavy atom. The molecule has 4 atom stereocenters. The van der Waals surface area contributed by atoms with Crippen molar-refractivity contribution in [2.24, 2.45) is 11.7 Å². The number of alkyl carbamates (subject to hydrolysis) is 1. The Kier molecular flexibility index (Phi) is 8.75. The molecule has 0 saturated heterocycles. The zero-order valence-corrected chi connectivity index (χ0v) is 15.2. The highest BCUT2D eigenvalue weighted by atomic mass is 16.5. The first-order chi connectivity index (χ1) is 12.7. The zero-order valence-electron chi connectivity index (χ0n) is 15.2. The molecule has 0 aromatic heterocycles. The largest absolute Gasteiger partial charge is 0.445 e. The summed E-state index contributed by atoms with van der Waals surface area (Å²) in [4.78, 5) is 35.8. The summed E-state index contributed by atoms with van der Waals surface area (Å²) in [5, 5.41) is 23.2. The standard InChI is InChI=1S/C18H24N4O5/c1-11(9-19)8-14(16(20)24)21-17(25)15(12(2)23)22-18(26)27-10-13-6-4-3-5-7-13/h3-7,11-12,14-15,23H,8,10H2,1-2H3,(H2,20,24)(H,21,25)(H,22,26)/t11-,12+,14+,15-/m0/s1. The lowest BCUT2D eigenvalue weighted by molar-refractivity contribution is -0.130. The highest BCUT2D eigenvalue weighted by Gasteiger charge is 2.30. The van der Waals surface area contributed by atoms with Gasteiger partial charge in [0, 0.05) is 5.92 Å². The highest BCUT2D eigenvalue weighted by Crippen LogP contribution is 2.06. The van der Waals surface area contributed by atoms with Crippen LogP contribution in [0.4, 0.5) is 4.79 Å². The third-order valence-corrected chi connectivity index (χ3v) is 3.72. The lowest BCUT2D eigenvalue weighted by atomic mass is 10.0. The Morgan fingerprint density at radius 2 is 1.85 bits per heavy atom. The number of aliphatic hydroxyl groups excluding tert-OH is 1. The lowest BCUT2D eigenvalue weighted by Crippen LogP contribution is -2.56. The van der Waals surface area contributed by atoms with Gasteiger partial charge in [-0.05, 0) is 25.8 Å². The number of ether oxygens (including phenoxy) is 1. The number of nitrogens with zero attached hydrogens (tertiary/aromatic N) is 1. The lowest BCUT2D eigenvalue weighted by Gasteiger charge is -2.23. The number of nitrogens with two attached hydrogens (primary N) is 1. The Labute approximate surface area is 157 Å². The van der Waals surface area contributed by atoms with Crippen molar-refractivity contribution in [3.8, 4) is 6.07 Å². The van der Waals surface area contributed by atoms with E-state index in [1.54, 1.807) is 31.2 Å². The van der Waals surface area contributed by atoms with Gasteiger partial charge in [0.15, 0.2) is 0 Å². The van der Waals surface area contributed by atoms with Crippen LogP contribution in [0.5, 0.6) is 0 Å². The molecule has 146 valence electrons. The van der Waals surface area contributed by atoms with Gasteiger partial charge in [0.25, 0.3) is 0 Å². The van der Waals surface area contributed by atoms with E-state index in [0.717, 1.165) is 5.56 Å². The minimum atomic E-state index is -1.35. The van der Waals surface area contributed by atoms with Gasteiger partial charge in [-0.15, -0.1) is 0 Å². The number of carbonyl (C=O) groups is 3. The fraction of sp³-hybridized carbons (Fsp3) is 0.444. The van der Waals surface area contributed by atoms with Gasteiger partial charge < -0.3 is 26.2 Å². The van der Waals surface area contributed by atoms with Crippen LogP contribution in [0.25, 0.3) is 0 Å². The molecule has 1 aromatic rings. The van der Waals surface area contributed by atoms with Crippen LogP contribution < -0.4 is 16.4 Å². The molecule has 5 N–H and O–H groups in total. The maximum absolute atomic E-state index is 12.3. The van der Waals surface area contributed by atoms with E-state index in [-0.39, 0.29) is 13.0 Å². The van der Waals surface area contributed by atoms with E-state index in [2.05, 4.69) is 10.6 Å². The molecule has 9 nitrogen and oxygen atoms in total. The van der Waals surface area contributed by atoms with Crippen LogP contribution in [0.15, 0.2) is 30.3 Å². The number of nitriles is 1. The quantitative estimate of drug-likeness (QED) is 0.482. The van der Waals surface area contributed by atoms with Crippen molar-refractivity contribution >= 4 is 17.9 Å². The maximum atomic E-state index is 12.3. The fourth-order valence-corrected chi connectivity index (χ4v) is 2.21. The number of carbonyl (C=O) groups excluding carboxylic acids is 3. The van der Waals surface area contributed by atoms with Crippen LogP contribution in [0.1, 0.15) is 25.8 Å². The molecule has 0 unspecified atom stereocenters. The average Bonchev–Trinajstić information content (AvgIpc) is 2.64. The number of benzene rings is 1. The van der Waals surface area contributed by atoms with E-state index >= 15 is 0 Å². The van der Waals surface area contributed by atoms with E-state index in [1.807, 2.05) is 12.1 Å². The van der Waals surface area contributed by atoms with E-state index in [0.29, 0.717) is 0 Å². The summed E-state index contributed by atoms with van der Waals surface area (Å²) in [6.45, 7) is 2.87. The Hall–Kier alpha value is -3.12. The van der Waals surface area contributed by atoms with E-state index < -0.39 is 42.0 Å². The molecule has 0 fully saturated rings. The second kappa shape index (κ2) is 10.8. The van der Waals surface area contributed by atoms with E-state index in [9.17, 15) is 19.5 Å². The summed E-state index contributed by atoms with van der Waals surface area (Å²) < 4.78 is 5.02. The number of primary amides is 1. The summed E-state index contributed by atoms with van der Waals surface area (Å²) in [6, 6.07) is 8.41. The predicted octanol–water partition coefficient (Wildman–Crippen LogP) is 0.182. The Morgan fingerprint density at radius 1 is 1.22 bits per heavy atom. The highest BCUT2D eigenvalue weighted by molar-refractivity contribution is 5.91. The maximum Gasteiger partial charge on any atom is 0.408 e. The Balaban J connectivity index is 2.67. The topological polar surface area (TPSA) is 155 Å². The van der Waals surface area contributed by atoms with Crippen molar-refractivity contribution in [3.05, 3.63) is 35.9 Å². The molecule has 0 aliphatic rings. The first-order valence-electron chi connectivity index (χ1n) is 8.39. The van der Waals surface area contributed by atoms with Gasteiger partial charge >= 0.3 is 6.09 Å². The summed E-state index contributed by atoms with van der Waals surface area (Å²) in [7, 11) is 0. The second-order valence-electron chi connectivity index (χ2n) is 6.15. The minimum Gasteiger partial charge on any atom is -0.445 e. The van der Waals surface area contributed by atoms with Gasteiger partial charge in [0.05, 0.1) is 12.2 Å². The van der Waals surface area contributed by atoms with Gasteiger partial charge in [-0.25, -0.2) is 4.79 Å². The molecule has 3 amide bonds. The third kappa shape index (κ3) is 7.75. The van der Waals surface area contributed by atoms with Crippen LogP contribution in [0.3, 0.4) is 0 Å². The van der Waals surface area contributed by atoms with Crippen LogP contribution in [0.2, 0.25) is 0 Å². The summed E-state index contributed by atoms with van der Waals surface area (Å²) in [5.41, 5.74) is 5.99. The van der Waals surface area contributed by atoms with Gasteiger partial charge in [-0.2, -0.15) is 5.26 Å². The first-order valence-corrected chi connectivity index (χ1v) is 8.39. The molecule has 0 aliphatic heterocycles. The number of nitrogens with one attached hydrogen (secondary N) is 2. The molecular weight excluding hydrogens is 352 g/mol. The van der Waals surface area contributed by atoms with Gasteiger partial charge in [-0.1, -0.05) is 30.3 Å². The van der Waals surface area contributed by atoms with Crippen LogP contribution >= 0.6 is 0 Å². The van der Waals surface area contributed by atoms with Gasteiger partial charge in [-0.3, -0.25) is 9.59 Å². The van der Waals surface area contributed by atoms with Crippen LogP contribution in [-0.4, -0.2) is 41.2 Å². The van der Waals surface area contributed by atoms with Gasteiger partial charge in [0.1, 0.15) is 18.7 Å². The molecular formula is C18H24N4O5. The first kappa shape index (κ1) is 21.9. The van der Waals surface area contributed by atoms with Crippen molar-refractivity contribution in [1.82, 2.24) is 10.6 Å². The molecule has 1 aromatic carbocycles. The number of hydrogen-bond acceptors (Lipinski definition) is 6. The summed E-state index contributed by atoms with van der Waals surface area (Å²) in [6.07, 6.45) is -2.14. The molecule has 0 aliphatic carbocycles. The molecule has 0 heterocycles. The summed E-state index contributed by atoms with van der Waals surface area (Å²) in [5.74, 6) is -2.14. The van der Waals surface area contributed by atoms with Crippen molar-refractivity contribution in [2.45, 2.75) is 45.1 Å². The smallest absolute Gasteiger partial charge is 0.408 e. The van der Waals surface area contributed by atoms with E-state index in [1.165, 1.54) is 6.92 Å². The zero-order chi connectivity index (χ0) is 20.4. The van der Waals surface area contributed by atoms with Crippen molar-refractivity contribution in [2.75, 3.05) is 0 Å². The number of aliphatic hydroxyl groups is 1. The minimum absolute atomic E-state index is 0.00951. The molecule has 27 heavy (non-hydrogen) atoms. The number of amides is 3. The number of hydrogen-bond donors (Lipinski definition) is 4. The SMILES string of the molecule is C[C@H](C#N)C[C@@H](NC(=O)[C@@H](NC(=O)OCc1ccccc1)[C@@H](C)O)C(N)=O. The molecule has 1 rings (SSSR count). The fourth-order valence-electron chi connectivity index (χ4n) is 2.21. The molecule has 9 heteroatoms. The molecule has 0 saturated carbocycles. The van der Waals surface area contributed by atoms with Crippen molar-refractivity contribution in [3.63, 3.8) is 0 Å². The monoisotopic (exact) mass is 376 g/mol. The van der Waals surface area contributed by atoms with E-state index in [4.69, 9.17) is 15.7 Å². The van der Waals surface area contributed by atoms with Crippen LogP contribution in [0, 0.1) is 17.2 Å². The second-order valence-corrected chi connectivity index (χ2v) is 6.15. The summed E-state index contributed by atoms with van der Waals surface area (Å²) >= 11 is 0. The van der Waals surface area contributed by atoms with Crippen molar-refractivity contribution < 1.29 is 24.2 Å². The Bertz CT molecular complexity index is 687. The molecule has 0 spiro atoms. The predicted molar refractivity (Wildman–Crippen MR) is 95.8 cm³/mol. The number of rotatable bonds is 9. The normalized spacial score (nSPS) is 14.7. The van der Waals surface area contributed by atoms with Gasteiger partial charge in [0.2, 0.25) is 11.8 Å². The molecule has 0 radical (unpaired) electrons.